The van der Waals surface area contributed by atoms with Gasteiger partial charge in [-0.3, -0.25) is 4.79 Å². The molecule has 3 aromatic carbocycles. The normalized spacial score (nSPS) is 14.6. The highest BCUT2D eigenvalue weighted by Crippen LogP contribution is 2.30. The average Bonchev–Trinajstić information content (AvgIpc) is 2.87. The molecule has 0 aliphatic carbocycles. The maximum absolute atomic E-state index is 13.5. The predicted molar refractivity (Wildman–Crippen MR) is 125 cm³/mol. The zero-order valence-electron chi connectivity index (χ0n) is 18.7. The summed E-state index contributed by atoms with van der Waals surface area (Å²) in [5, 5.41) is 0. The summed E-state index contributed by atoms with van der Waals surface area (Å²) in [6, 6.07) is 19.6. The molecule has 1 heterocycles. The Bertz CT molecular complexity index is 1260. The number of benzene rings is 3. The van der Waals surface area contributed by atoms with Crippen molar-refractivity contribution in [2.75, 3.05) is 33.3 Å². The molecule has 7 nitrogen and oxygen atoms in total. The Balaban J connectivity index is 1.40. The van der Waals surface area contributed by atoms with Gasteiger partial charge in [0, 0.05) is 31.7 Å². The van der Waals surface area contributed by atoms with Gasteiger partial charge < -0.3 is 14.4 Å². The Labute approximate surface area is 198 Å². The lowest BCUT2D eigenvalue weighted by Gasteiger charge is -2.34. The van der Waals surface area contributed by atoms with Gasteiger partial charge in [0.1, 0.15) is 12.4 Å². The topological polar surface area (TPSA) is 76.2 Å². The van der Waals surface area contributed by atoms with E-state index in [1.54, 1.807) is 23.1 Å². The number of amides is 1. The standard InChI is InChI=1S/C25H25FN2O5S/c1-32-24-16-20(10-11-23(24)33-18-19-6-3-2-4-7-19)25(29)27-12-14-28(15-13-27)34(30,31)22-9-5-8-21(26)17-22/h2-11,16-17H,12-15,18H2,1H3. The van der Waals surface area contributed by atoms with Gasteiger partial charge in [0.25, 0.3) is 5.91 Å². The van der Waals surface area contributed by atoms with Crippen LogP contribution in [-0.2, 0) is 16.6 Å². The summed E-state index contributed by atoms with van der Waals surface area (Å²) in [5.74, 6) is 0.124. The van der Waals surface area contributed by atoms with Crippen LogP contribution in [0.1, 0.15) is 15.9 Å². The molecule has 1 aliphatic rings. The molecular formula is C25H25FN2O5S. The van der Waals surface area contributed by atoms with Crippen molar-refractivity contribution in [2.45, 2.75) is 11.5 Å². The molecule has 0 radical (unpaired) electrons. The molecule has 0 spiro atoms. The number of sulfonamides is 1. The average molecular weight is 485 g/mol. The Morgan fingerprint density at radius 2 is 1.65 bits per heavy atom. The highest BCUT2D eigenvalue weighted by atomic mass is 32.2. The number of hydrogen-bond acceptors (Lipinski definition) is 5. The van der Waals surface area contributed by atoms with E-state index in [1.807, 2.05) is 30.3 Å². The van der Waals surface area contributed by atoms with Gasteiger partial charge >= 0.3 is 0 Å². The highest BCUT2D eigenvalue weighted by Gasteiger charge is 2.31. The second-order valence-electron chi connectivity index (χ2n) is 7.79. The number of carbonyl (C=O) groups is 1. The number of ether oxygens (including phenoxy) is 2. The molecule has 9 heteroatoms. The van der Waals surface area contributed by atoms with Crippen LogP contribution in [0.25, 0.3) is 0 Å². The molecule has 34 heavy (non-hydrogen) atoms. The van der Waals surface area contributed by atoms with E-state index >= 15 is 0 Å². The molecule has 0 saturated carbocycles. The number of rotatable bonds is 7. The first-order valence-electron chi connectivity index (χ1n) is 10.8. The van der Waals surface area contributed by atoms with Crippen molar-refractivity contribution in [3.05, 3.63) is 89.7 Å². The van der Waals surface area contributed by atoms with Crippen molar-refractivity contribution in [3.8, 4) is 11.5 Å². The van der Waals surface area contributed by atoms with Crippen LogP contribution in [0.15, 0.2) is 77.7 Å². The molecule has 0 atom stereocenters. The number of carbonyl (C=O) groups excluding carboxylic acids is 1. The number of methoxy groups -OCH3 is 1. The zero-order valence-corrected chi connectivity index (χ0v) is 19.5. The van der Waals surface area contributed by atoms with Crippen LogP contribution in [0.3, 0.4) is 0 Å². The van der Waals surface area contributed by atoms with E-state index in [2.05, 4.69) is 0 Å². The van der Waals surface area contributed by atoms with Gasteiger partial charge in [-0.05, 0) is 42.0 Å². The Morgan fingerprint density at radius 3 is 2.32 bits per heavy atom. The van der Waals surface area contributed by atoms with E-state index in [4.69, 9.17) is 9.47 Å². The molecule has 1 saturated heterocycles. The van der Waals surface area contributed by atoms with E-state index in [1.165, 1.54) is 29.6 Å². The number of piperazine rings is 1. The largest absolute Gasteiger partial charge is 0.493 e. The second-order valence-corrected chi connectivity index (χ2v) is 9.73. The lowest BCUT2D eigenvalue weighted by atomic mass is 10.1. The minimum absolute atomic E-state index is 0.0943. The van der Waals surface area contributed by atoms with Crippen molar-refractivity contribution >= 4 is 15.9 Å². The number of halogens is 1. The van der Waals surface area contributed by atoms with E-state index in [9.17, 15) is 17.6 Å². The van der Waals surface area contributed by atoms with Crippen LogP contribution < -0.4 is 9.47 Å². The summed E-state index contributed by atoms with van der Waals surface area (Å²) < 4.78 is 51.6. The van der Waals surface area contributed by atoms with Gasteiger partial charge in [-0.25, -0.2) is 12.8 Å². The van der Waals surface area contributed by atoms with Crippen molar-refractivity contribution in [3.63, 3.8) is 0 Å². The van der Waals surface area contributed by atoms with Gasteiger partial charge in [-0.15, -0.1) is 0 Å². The van der Waals surface area contributed by atoms with Crippen LogP contribution in [0.5, 0.6) is 11.5 Å². The smallest absolute Gasteiger partial charge is 0.254 e. The molecule has 0 N–H and O–H groups in total. The van der Waals surface area contributed by atoms with Gasteiger partial charge in [-0.2, -0.15) is 4.31 Å². The first-order chi connectivity index (χ1) is 16.4. The molecule has 4 rings (SSSR count). The molecule has 0 bridgehead atoms. The second kappa shape index (κ2) is 10.2. The summed E-state index contributed by atoms with van der Waals surface area (Å²) in [6.45, 7) is 1.07. The molecule has 1 fully saturated rings. The first-order valence-corrected chi connectivity index (χ1v) is 12.2. The van der Waals surface area contributed by atoms with Gasteiger partial charge in [0.2, 0.25) is 10.0 Å². The molecule has 0 unspecified atom stereocenters. The van der Waals surface area contributed by atoms with Gasteiger partial charge in [-0.1, -0.05) is 36.4 Å². The quantitative estimate of drug-likeness (QED) is 0.513. The fraction of sp³-hybridized carbons (Fsp3) is 0.240. The van der Waals surface area contributed by atoms with E-state index in [0.717, 1.165) is 11.6 Å². The molecule has 0 aromatic heterocycles. The fourth-order valence-electron chi connectivity index (χ4n) is 3.75. The summed E-state index contributed by atoms with van der Waals surface area (Å²) in [5.41, 5.74) is 1.43. The first kappa shape index (κ1) is 23.7. The minimum Gasteiger partial charge on any atom is -0.493 e. The third-order valence-corrected chi connectivity index (χ3v) is 7.50. The maximum Gasteiger partial charge on any atom is 0.254 e. The summed E-state index contributed by atoms with van der Waals surface area (Å²) >= 11 is 0. The highest BCUT2D eigenvalue weighted by molar-refractivity contribution is 7.89. The fourth-order valence-corrected chi connectivity index (χ4v) is 5.20. The Kier molecular flexibility index (Phi) is 7.14. The molecule has 178 valence electrons. The summed E-state index contributed by atoms with van der Waals surface area (Å²) in [4.78, 5) is 14.5. The van der Waals surface area contributed by atoms with Gasteiger partial charge in [0.15, 0.2) is 11.5 Å². The molecular weight excluding hydrogens is 459 g/mol. The van der Waals surface area contributed by atoms with Crippen LogP contribution in [0.4, 0.5) is 4.39 Å². The third kappa shape index (κ3) is 5.21. The minimum atomic E-state index is -3.83. The number of nitrogens with zero attached hydrogens (tertiary/aromatic N) is 2. The van der Waals surface area contributed by atoms with Crippen molar-refractivity contribution in [1.29, 1.82) is 0 Å². The lowest BCUT2D eigenvalue weighted by Crippen LogP contribution is -2.50. The monoisotopic (exact) mass is 484 g/mol. The Hall–Kier alpha value is -3.43. The maximum atomic E-state index is 13.5. The van der Waals surface area contributed by atoms with Crippen LogP contribution in [0, 0.1) is 5.82 Å². The number of hydrogen-bond donors (Lipinski definition) is 0. The van der Waals surface area contributed by atoms with Crippen molar-refractivity contribution < 1.29 is 27.1 Å². The SMILES string of the molecule is COc1cc(C(=O)N2CCN(S(=O)(=O)c3cccc(F)c3)CC2)ccc1OCc1ccccc1. The molecule has 3 aromatic rings. The zero-order chi connectivity index (χ0) is 24.1. The van der Waals surface area contributed by atoms with Crippen molar-refractivity contribution in [1.82, 2.24) is 9.21 Å². The van der Waals surface area contributed by atoms with Crippen LogP contribution in [-0.4, -0.2) is 56.8 Å². The lowest BCUT2D eigenvalue weighted by molar-refractivity contribution is 0.0697. The van der Waals surface area contributed by atoms with Gasteiger partial charge in [0.05, 0.1) is 12.0 Å². The Morgan fingerprint density at radius 1 is 0.912 bits per heavy atom. The van der Waals surface area contributed by atoms with Crippen molar-refractivity contribution in [2.24, 2.45) is 0 Å². The van der Waals surface area contributed by atoms with E-state index in [-0.39, 0.29) is 37.0 Å². The van der Waals surface area contributed by atoms with Crippen LogP contribution in [0.2, 0.25) is 0 Å². The summed E-state index contributed by atoms with van der Waals surface area (Å²) in [6.07, 6.45) is 0. The van der Waals surface area contributed by atoms with E-state index < -0.39 is 15.8 Å². The van der Waals surface area contributed by atoms with Crippen LogP contribution >= 0.6 is 0 Å². The summed E-state index contributed by atoms with van der Waals surface area (Å²) in [7, 11) is -2.32. The molecule has 1 amide bonds. The predicted octanol–water partition coefficient (Wildman–Crippen LogP) is 3.56. The van der Waals surface area contributed by atoms with E-state index in [0.29, 0.717) is 23.7 Å². The molecule has 1 aliphatic heterocycles. The third-order valence-electron chi connectivity index (χ3n) is 5.61.